The summed E-state index contributed by atoms with van der Waals surface area (Å²) in [6.45, 7) is 0.769. The fourth-order valence-corrected chi connectivity index (χ4v) is 3.93. The number of rotatable bonds is 6. The van der Waals surface area contributed by atoms with Crippen LogP contribution in [0.2, 0.25) is 0 Å². The Balaban J connectivity index is 1.42. The SMILES string of the molecule is NC(=O)c1ccc2c(c1)oc(=O)n2CC1(O)CCC(COc2ccccc2)CC1. The molecule has 1 heterocycles. The van der Waals surface area contributed by atoms with Gasteiger partial charge in [0.1, 0.15) is 5.75 Å². The maximum Gasteiger partial charge on any atom is 0.420 e. The van der Waals surface area contributed by atoms with E-state index in [0.29, 0.717) is 36.5 Å². The third-order valence-electron chi connectivity index (χ3n) is 5.67. The Labute approximate surface area is 167 Å². The van der Waals surface area contributed by atoms with Crippen LogP contribution in [0.5, 0.6) is 5.75 Å². The highest BCUT2D eigenvalue weighted by molar-refractivity contribution is 5.95. The van der Waals surface area contributed by atoms with Crippen LogP contribution in [0.25, 0.3) is 11.1 Å². The van der Waals surface area contributed by atoms with Crippen molar-refractivity contribution in [3.8, 4) is 5.75 Å². The van der Waals surface area contributed by atoms with E-state index in [1.807, 2.05) is 30.3 Å². The molecule has 1 aliphatic rings. The Bertz CT molecular complexity index is 1060. The lowest BCUT2D eigenvalue weighted by atomic mass is 9.79. The van der Waals surface area contributed by atoms with E-state index in [1.165, 1.54) is 10.6 Å². The summed E-state index contributed by atoms with van der Waals surface area (Å²) in [4.78, 5) is 23.6. The van der Waals surface area contributed by atoms with Gasteiger partial charge in [-0.25, -0.2) is 4.79 Å². The molecule has 0 bridgehead atoms. The summed E-state index contributed by atoms with van der Waals surface area (Å²) in [6.07, 6.45) is 2.79. The van der Waals surface area contributed by atoms with Crippen LogP contribution >= 0.6 is 0 Å². The van der Waals surface area contributed by atoms with Crippen LogP contribution in [0.1, 0.15) is 36.0 Å². The zero-order valence-electron chi connectivity index (χ0n) is 16.0. The number of ether oxygens (including phenoxy) is 1. The smallest absolute Gasteiger partial charge is 0.420 e. The predicted molar refractivity (Wildman–Crippen MR) is 108 cm³/mol. The number of aliphatic hydroxyl groups is 1. The van der Waals surface area contributed by atoms with E-state index in [4.69, 9.17) is 14.9 Å². The van der Waals surface area contributed by atoms with Crippen molar-refractivity contribution >= 4 is 17.0 Å². The van der Waals surface area contributed by atoms with E-state index in [1.54, 1.807) is 12.1 Å². The fraction of sp³-hybridized carbons (Fsp3) is 0.364. The molecule has 0 atom stereocenters. The summed E-state index contributed by atoms with van der Waals surface area (Å²) in [5, 5.41) is 11.1. The average molecular weight is 396 g/mol. The standard InChI is InChI=1S/C22H24N2O5/c23-20(25)16-6-7-18-19(12-16)29-21(26)24(18)14-22(27)10-8-15(9-11-22)13-28-17-4-2-1-3-5-17/h1-7,12,15,27H,8-11,13-14H2,(H2,23,25). The van der Waals surface area contributed by atoms with Crippen LogP contribution in [0.4, 0.5) is 0 Å². The van der Waals surface area contributed by atoms with Gasteiger partial charge >= 0.3 is 5.76 Å². The summed E-state index contributed by atoms with van der Waals surface area (Å²) in [5.74, 6) is 0.0769. The molecule has 7 nitrogen and oxygen atoms in total. The van der Waals surface area contributed by atoms with Crippen molar-refractivity contribution in [3.05, 3.63) is 64.6 Å². The van der Waals surface area contributed by atoms with Gasteiger partial charge in [0.05, 0.1) is 24.3 Å². The lowest BCUT2D eigenvalue weighted by molar-refractivity contribution is -0.0289. The van der Waals surface area contributed by atoms with Crippen LogP contribution < -0.4 is 16.2 Å². The van der Waals surface area contributed by atoms with Crippen molar-refractivity contribution in [2.24, 2.45) is 11.7 Å². The highest BCUT2D eigenvalue weighted by Crippen LogP contribution is 2.34. The zero-order valence-corrected chi connectivity index (χ0v) is 16.0. The molecule has 1 aliphatic carbocycles. The van der Waals surface area contributed by atoms with Crippen molar-refractivity contribution < 1.29 is 19.1 Å². The van der Waals surface area contributed by atoms with Crippen LogP contribution in [0.15, 0.2) is 57.7 Å². The third kappa shape index (κ3) is 4.19. The van der Waals surface area contributed by atoms with Crippen molar-refractivity contribution in [1.82, 2.24) is 4.57 Å². The van der Waals surface area contributed by atoms with E-state index in [9.17, 15) is 14.7 Å². The maximum atomic E-state index is 12.3. The molecule has 1 saturated carbocycles. The van der Waals surface area contributed by atoms with E-state index < -0.39 is 17.3 Å². The predicted octanol–water partition coefficient (Wildman–Crippen LogP) is 2.69. The number of hydrogen-bond acceptors (Lipinski definition) is 5. The number of hydrogen-bond donors (Lipinski definition) is 2. The molecule has 0 radical (unpaired) electrons. The summed E-state index contributed by atoms with van der Waals surface area (Å²) in [5.41, 5.74) is 5.41. The van der Waals surface area contributed by atoms with Gasteiger partial charge in [0.2, 0.25) is 5.91 Å². The fourth-order valence-electron chi connectivity index (χ4n) is 3.93. The number of primary amides is 1. The minimum absolute atomic E-state index is 0.154. The van der Waals surface area contributed by atoms with Gasteiger partial charge in [-0.05, 0) is 61.9 Å². The largest absolute Gasteiger partial charge is 0.493 e. The second-order valence-corrected chi connectivity index (χ2v) is 7.79. The minimum atomic E-state index is -0.980. The molecular weight excluding hydrogens is 372 g/mol. The van der Waals surface area contributed by atoms with E-state index in [2.05, 4.69) is 0 Å². The Morgan fingerprint density at radius 1 is 1.21 bits per heavy atom. The molecule has 1 fully saturated rings. The lowest BCUT2D eigenvalue weighted by Gasteiger charge is -2.36. The third-order valence-corrected chi connectivity index (χ3v) is 5.67. The number of carbonyl (C=O) groups is 1. The first kappa shape index (κ1) is 19.3. The summed E-state index contributed by atoms with van der Waals surface area (Å²) >= 11 is 0. The number of oxazole rings is 1. The first-order chi connectivity index (χ1) is 13.9. The number of nitrogens with zero attached hydrogens (tertiary/aromatic N) is 1. The Morgan fingerprint density at radius 3 is 2.62 bits per heavy atom. The van der Waals surface area contributed by atoms with Crippen LogP contribution in [0.3, 0.4) is 0 Å². The Hall–Kier alpha value is -3.06. The normalized spacial score (nSPS) is 21.9. The summed E-state index contributed by atoms with van der Waals surface area (Å²) < 4.78 is 12.5. The first-order valence-corrected chi connectivity index (χ1v) is 9.77. The van der Waals surface area contributed by atoms with Gasteiger partial charge in [0.15, 0.2) is 5.58 Å². The molecular formula is C22H24N2O5. The monoisotopic (exact) mass is 396 g/mol. The van der Waals surface area contributed by atoms with Gasteiger partial charge in [-0.1, -0.05) is 18.2 Å². The molecule has 29 heavy (non-hydrogen) atoms. The Kier molecular flexibility index (Phi) is 5.15. The van der Waals surface area contributed by atoms with Gasteiger partial charge < -0.3 is 20.0 Å². The number of aromatic nitrogens is 1. The molecule has 0 aliphatic heterocycles. The summed E-state index contributed by atoms with van der Waals surface area (Å²) in [7, 11) is 0. The number of benzene rings is 2. The van der Waals surface area contributed by atoms with E-state index in [0.717, 1.165) is 18.6 Å². The van der Waals surface area contributed by atoms with Gasteiger partial charge in [0, 0.05) is 5.56 Å². The maximum absolute atomic E-state index is 12.3. The molecule has 1 amide bonds. The van der Waals surface area contributed by atoms with Crippen molar-refractivity contribution in [2.75, 3.05) is 6.61 Å². The number of nitrogens with two attached hydrogens (primary N) is 1. The molecule has 4 rings (SSSR count). The number of amides is 1. The molecule has 7 heteroatoms. The van der Waals surface area contributed by atoms with Crippen molar-refractivity contribution in [3.63, 3.8) is 0 Å². The quantitative estimate of drug-likeness (QED) is 0.666. The van der Waals surface area contributed by atoms with E-state index in [-0.39, 0.29) is 12.1 Å². The second-order valence-electron chi connectivity index (χ2n) is 7.79. The Morgan fingerprint density at radius 2 is 1.93 bits per heavy atom. The molecule has 1 aromatic heterocycles. The van der Waals surface area contributed by atoms with Gasteiger partial charge in [-0.2, -0.15) is 0 Å². The van der Waals surface area contributed by atoms with Crippen molar-refractivity contribution in [2.45, 2.75) is 37.8 Å². The molecule has 152 valence electrons. The molecule has 3 aromatic rings. The zero-order chi connectivity index (χ0) is 20.4. The molecule has 3 N–H and O–H groups in total. The molecule has 0 saturated heterocycles. The number of carbonyl (C=O) groups excluding carboxylic acids is 1. The van der Waals surface area contributed by atoms with Crippen LogP contribution in [-0.2, 0) is 6.54 Å². The second kappa shape index (κ2) is 7.75. The number of fused-ring (bicyclic) bond motifs is 1. The van der Waals surface area contributed by atoms with Crippen LogP contribution in [0, 0.1) is 5.92 Å². The minimum Gasteiger partial charge on any atom is -0.493 e. The number of para-hydroxylation sites is 1. The first-order valence-electron chi connectivity index (χ1n) is 9.77. The van der Waals surface area contributed by atoms with Crippen molar-refractivity contribution in [1.29, 1.82) is 0 Å². The van der Waals surface area contributed by atoms with E-state index >= 15 is 0 Å². The lowest BCUT2D eigenvalue weighted by Crippen LogP contribution is -2.41. The summed E-state index contributed by atoms with van der Waals surface area (Å²) in [6, 6.07) is 14.3. The molecule has 0 spiro atoms. The van der Waals surface area contributed by atoms with Crippen LogP contribution in [-0.4, -0.2) is 27.8 Å². The van der Waals surface area contributed by atoms with Gasteiger partial charge in [0.25, 0.3) is 0 Å². The van der Waals surface area contributed by atoms with Gasteiger partial charge in [-0.15, -0.1) is 0 Å². The molecule has 0 unspecified atom stereocenters. The average Bonchev–Trinajstić information content (AvgIpc) is 3.02. The highest BCUT2D eigenvalue weighted by Gasteiger charge is 2.35. The topological polar surface area (TPSA) is 108 Å². The highest BCUT2D eigenvalue weighted by atomic mass is 16.5. The molecule has 2 aromatic carbocycles. The van der Waals surface area contributed by atoms with Gasteiger partial charge in [-0.3, -0.25) is 9.36 Å².